The van der Waals surface area contributed by atoms with E-state index in [1.54, 1.807) is 6.92 Å². The van der Waals surface area contributed by atoms with Gasteiger partial charge in [0, 0.05) is 19.2 Å². The summed E-state index contributed by atoms with van der Waals surface area (Å²) in [7, 11) is -2.71. The number of hydrogen-bond donors (Lipinski definition) is 0. The van der Waals surface area contributed by atoms with E-state index in [1.165, 1.54) is 29.6 Å². The highest BCUT2D eigenvalue weighted by Crippen LogP contribution is 2.26. The highest BCUT2D eigenvalue weighted by atomic mass is 32.2. The molecule has 158 valence electrons. The summed E-state index contributed by atoms with van der Waals surface area (Å²) in [5.74, 6) is -2.35. The van der Waals surface area contributed by atoms with Gasteiger partial charge in [0.15, 0.2) is 5.58 Å². The van der Waals surface area contributed by atoms with Gasteiger partial charge in [-0.1, -0.05) is 0 Å². The molecule has 1 aromatic heterocycles. The van der Waals surface area contributed by atoms with Crippen LogP contribution >= 0.6 is 0 Å². The lowest BCUT2D eigenvalue weighted by atomic mass is 10.0. The van der Waals surface area contributed by atoms with Gasteiger partial charge in [0.25, 0.3) is 0 Å². The Morgan fingerprint density at radius 2 is 2.07 bits per heavy atom. The monoisotopic (exact) mass is 426 g/mol. The first-order valence-electron chi connectivity index (χ1n) is 9.15. The molecule has 3 rings (SSSR count). The van der Waals surface area contributed by atoms with Crippen LogP contribution in [0.3, 0.4) is 0 Å². The molecule has 0 N–H and O–H groups in total. The van der Waals surface area contributed by atoms with Gasteiger partial charge in [0.2, 0.25) is 10.0 Å². The Morgan fingerprint density at radius 3 is 2.76 bits per heavy atom. The summed E-state index contributed by atoms with van der Waals surface area (Å²) in [5, 5.41) is 0. The van der Waals surface area contributed by atoms with Gasteiger partial charge in [-0.2, -0.15) is 4.31 Å². The number of methoxy groups -OCH3 is 1. The van der Waals surface area contributed by atoms with Crippen LogP contribution in [0.15, 0.2) is 32.3 Å². The van der Waals surface area contributed by atoms with E-state index in [0.717, 1.165) is 4.57 Å². The lowest BCUT2D eigenvalue weighted by molar-refractivity contribution is -0.149. The van der Waals surface area contributed by atoms with E-state index in [-0.39, 0.29) is 42.2 Å². The summed E-state index contributed by atoms with van der Waals surface area (Å²) in [6.45, 7) is 1.91. The van der Waals surface area contributed by atoms with E-state index >= 15 is 0 Å². The first-order valence-corrected chi connectivity index (χ1v) is 10.6. The zero-order chi connectivity index (χ0) is 21.2. The lowest BCUT2D eigenvalue weighted by Gasteiger charge is -2.30. The van der Waals surface area contributed by atoms with Gasteiger partial charge in [-0.3, -0.25) is 14.2 Å². The summed E-state index contributed by atoms with van der Waals surface area (Å²) in [6.07, 6.45) is 1.10. The van der Waals surface area contributed by atoms with Crippen molar-refractivity contribution < 1.29 is 31.9 Å². The summed E-state index contributed by atoms with van der Waals surface area (Å²) in [6, 6.07) is 3.99. The SMILES string of the molecule is CCOC(=O)[C@H]1CCCN(S(=O)(=O)c2ccc3c(c2)oc(=O)n3CC(=O)OC)C1. The van der Waals surface area contributed by atoms with Gasteiger partial charge in [-0.05, 0) is 31.9 Å². The number of nitrogens with zero attached hydrogens (tertiary/aromatic N) is 2. The van der Waals surface area contributed by atoms with E-state index in [0.29, 0.717) is 12.8 Å². The Balaban J connectivity index is 1.90. The summed E-state index contributed by atoms with van der Waals surface area (Å²) in [4.78, 5) is 35.4. The maximum Gasteiger partial charge on any atom is 0.420 e. The number of fused-ring (bicyclic) bond motifs is 1. The maximum atomic E-state index is 13.0. The molecular weight excluding hydrogens is 404 g/mol. The molecule has 2 heterocycles. The number of oxazole rings is 1. The number of sulfonamides is 1. The van der Waals surface area contributed by atoms with Crippen LogP contribution in [0.1, 0.15) is 19.8 Å². The van der Waals surface area contributed by atoms with Crippen LogP contribution in [0.25, 0.3) is 11.1 Å². The van der Waals surface area contributed by atoms with Crippen molar-refractivity contribution in [3.05, 3.63) is 28.7 Å². The molecule has 1 fully saturated rings. The second-order valence-corrected chi connectivity index (χ2v) is 8.55. The quantitative estimate of drug-likeness (QED) is 0.619. The van der Waals surface area contributed by atoms with Gasteiger partial charge < -0.3 is 13.9 Å². The van der Waals surface area contributed by atoms with Crippen LogP contribution in [-0.4, -0.2) is 56.0 Å². The highest BCUT2D eigenvalue weighted by molar-refractivity contribution is 7.89. The smallest absolute Gasteiger partial charge is 0.420 e. The molecule has 1 saturated heterocycles. The Hall–Kier alpha value is -2.66. The van der Waals surface area contributed by atoms with E-state index in [1.807, 2.05) is 0 Å². The minimum Gasteiger partial charge on any atom is -0.468 e. The molecule has 10 nitrogen and oxygen atoms in total. The Bertz CT molecular complexity index is 1080. The van der Waals surface area contributed by atoms with Crippen molar-refractivity contribution in [2.45, 2.75) is 31.2 Å². The number of ether oxygens (including phenoxy) is 2. The Kier molecular flexibility index (Phi) is 6.08. The van der Waals surface area contributed by atoms with E-state index in [2.05, 4.69) is 4.74 Å². The molecule has 11 heteroatoms. The minimum atomic E-state index is -3.90. The molecule has 0 unspecified atom stereocenters. The average molecular weight is 426 g/mol. The van der Waals surface area contributed by atoms with Crippen molar-refractivity contribution in [3.8, 4) is 0 Å². The summed E-state index contributed by atoms with van der Waals surface area (Å²) in [5.41, 5.74) is 0.321. The number of benzene rings is 1. The molecule has 1 aliphatic heterocycles. The third-order valence-corrected chi connectivity index (χ3v) is 6.66. The van der Waals surface area contributed by atoms with Crippen molar-refractivity contribution in [1.29, 1.82) is 0 Å². The number of rotatable bonds is 6. The number of carbonyl (C=O) groups excluding carboxylic acids is 2. The Labute approximate surface area is 167 Å². The third kappa shape index (κ3) is 4.20. The Morgan fingerprint density at radius 1 is 1.31 bits per heavy atom. The van der Waals surface area contributed by atoms with Crippen LogP contribution < -0.4 is 5.76 Å². The van der Waals surface area contributed by atoms with Crippen molar-refractivity contribution >= 4 is 33.1 Å². The normalized spacial score (nSPS) is 17.9. The third-order valence-electron chi connectivity index (χ3n) is 4.80. The van der Waals surface area contributed by atoms with Gasteiger partial charge in [0.05, 0.1) is 30.0 Å². The number of piperidine rings is 1. The van der Waals surface area contributed by atoms with Crippen molar-refractivity contribution in [2.75, 3.05) is 26.8 Å². The van der Waals surface area contributed by atoms with Crippen LogP contribution in [0.4, 0.5) is 0 Å². The fourth-order valence-corrected chi connectivity index (χ4v) is 4.85. The maximum absolute atomic E-state index is 13.0. The minimum absolute atomic E-state index is 0.0342. The second-order valence-electron chi connectivity index (χ2n) is 6.61. The average Bonchev–Trinajstić information content (AvgIpc) is 3.02. The molecular formula is C18H22N2O8S. The van der Waals surface area contributed by atoms with E-state index < -0.39 is 33.6 Å². The van der Waals surface area contributed by atoms with Crippen molar-refractivity contribution in [1.82, 2.24) is 8.87 Å². The standard InChI is InChI=1S/C18H22N2O8S/c1-3-27-17(22)12-5-4-8-19(10-12)29(24,25)13-6-7-14-15(9-13)28-18(23)20(14)11-16(21)26-2/h6-7,9,12H,3-5,8,10-11H2,1-2H3/t12-/m0/s1. The molecule has 0 aliphatic carbocycles. The van der Waals surface area contributed by atoms with Crippen LogP contribution in [0, 0.1) is 5.92 Å². The zero-order valence-corrected chi connectivity index (χ0v) is 16.9. The highest BCUT2D eigenvalue weighted by Gasteiger charge is 2.34. The molecule has 2 aromatic rings. The largest absolute Gasteiger partial charge is 0.468 e. The molecule has 1 atom stereocenters. The predicted molar refractivity (Wildman–Crippen MR) is 101 cm³/mol. The van der Waals surface area contributed by atoms with Gasteiger partial charge in [0.1, 0.15) is 6.54 Å². The molecule has 0 bridgehead atoms. The van der Waals surface area contributed by atoms with Crippen molar-refractivity contribution in [3.63, 3.8) is 0 Å². The molecule has 0 radical (unpaired) electrons. The molecule has 1 aromatic carbocycles. The molecule has 0 amide bonds. The number of hydrogen-bond acceptors (Lipinski definition) is 8. The lowest BCUT2D eigenvalue weighted by Crippen LogP contribution is -2.42. The fraction of sp³-hybridized carbons (Fsp3) is 0.500. The van der Waals surface area contributed by atoms with Crippen LogP contribution in [0.2, 0.25) is 0 Å². The number of aromatic nitrogens is 1. The topological polar surface area (TPSA) is 125 Å². The number of esters is 2. The molecule has 29 heavy (non-hydrogen) atoms. The first-order chi connectivity index (χ1) is 13.8. The number of carbonyl (C=O) groups is 2. The van der Waals surface area contributed by atoms with Gasteiger partial charge in [-0.15, -0.1) is 0 Å². The predicted octanol–water partition coefficient (Wildman–Crippen LogP) is 0.731. The second kappa shape index (κ2) is 8.37. The molecule has 0 spiro atoms. The summed E-state index contributed by atoms with van der Waals surface area (Å²) < 4.78 is 43.1. The van der Waals surface area contributed by atoms with Gasteiger partial charge in [-0.25, -0.2) is 13.2 Å². The fourth-order valence-electron chi connectivity index (χ4n) is 3.31. The summed E-state index contributed by atoms with van der Waals surface area (Å²) >= 11 is 0. The van der Waals surface area contributed by atoms with Crippen LogP contribution in [0.5, 0.6) is 0 Å². The molecule has 1 aliphatic rings. The zero-order valence-electron chi connectivity index (χ0n) is 16.1. The van der Waals surface area contributed by atoms with E-state index in [9.17, 15) is 22.8 Å². The first kappa shape index (κ1) is 21.1. The molecule has 0 saturated carbocycles. The van der Waals surface area contributed by atoms with Crippen LogP contribution in [-0.2, 0) is 35.6 Å². The van der Waals surface area contributed by atoms with Crippen molar-refractivity contribution in [2.24, 2.45) is 5.92 Å². The van der Waals surface area contributed by atoms with E-state index in [4.69, 9.17) is 9.15 Å². The van der Waals surface area contributed by atoms with Gasteiger partial charge >= 0.3 is 17.7 Å².